The van der Waals surface area contributed by atoms with E-state index in [4.69, 9.17) is 4.74 Å². The molecule has 140 valence electrons. The van der Waals surface area contributed by atoms with Gasteiger partial charge in [0.2, 0.25) is 5.88 Å². The number of benzene rings is 2. The molecule has 5 heteroatoms. The van der Waals surface area contributed by atoms with Crippen molar-refractivity contribution in [3.8, 4) is 11.6 Å². The van der Waals surface area contributed by atoms with Gasteiger partial charge in [-0.2, -0.15) is 0 Å². The third-order valence-electron chi connectivity index (χ3n) is 4.36. The lowest BCUT2D eigenvalue weighted by atomic mass is 10.1. The molecule has 0 bridgehead atoms. The molecule has 5 nitrogen and oxygen atoms in total. The molecule has 0 spiro atoms. The number of hydrogen-bond donors (Lipinski definition) is 1. The van der Waals surface area contributed by atoms with E-state index in [1.807, 2.05) is 76.2 Å². The predicted molar refractivity (Wildman–Crippen MR) is 107 cm³/mol. The van der Waals surface area contributed by atoms with Gasteiger partial charge in [0.05, 0.1) is 12.1 Å². The zero-order valence-electron chi connectivity index (χ0n) is 16.1. The average molecular weight is 364 g/mol. The first-order valence-corrected chi connectivity index (χ1v) is 9.02. The van der Waals surface area contributed by atoms with E-state index in [1.54, 1.807) is 0 Å². The smallest absolute Gasteiger partial charge is 0.331 e. The number of aryl methyl sites for hydroxylation is 2. The molecule has 1 heterocycles. The molecule has 0 atom stereocenters. The van der Waals surface area contributed by atoms with Crippen LogP contribution >= 0.6 is 0 Å². The largest absolute Gasteiger partial charge is 0.440 e. The van der Waals surface area contributed by atoms with Crippen molar-refractivity contribution in [2.45, 2.75) is 40.2 Å². The van der Waals surface area contributed by atoms with Crippen molar-refractivity contribution in [2.24, 2.45) is 0 Å². The Balaban J connectivity index is 2.07. The van der Waals surface area contributed by atoms with Crippen LogP contribution in [0.1, 0.15) is 42.0 Å². The Morgan fingerprint density at radius 2 is 1.63 bits per heavy atom. The van der Waals surface area contributed by atoms with E-state index < -0.39 is 5.69 Å². The van der Waals surface area contributed by atoms with E-state index in [9.17, 15) is 9.59 Å². The van der Waals surface area contributed by atoms with Gasteiger partial charge in [0, 0.05) is 0 Å². The molecule has 1 N–H and O–H groups in total. The Labute approximate surface area is 158 Å². The SMILES string of the molecule is Cc1cc(C)cc(Oc2[nH]c(=O)n(Cc3ccccc3)c(=O)c2C(C)C)c1. The van der Waals surface area contributed by atoms with Crippen LogP contribution in [0.25, 0.3) is 0 Å². The van der Waals surface area contributed by atoms with Crippen molar-refractivity contribution in [1.82, 2.24) is 9.55 Å². The van der Waals surface area contributed by atoms with Crippen molar-refractivity contribution in [2.75, 3.05) is 0 Å². The third kappa shape index (κ3) is 4.19. The van der Waals surface area contributed by atoms with Gasteiger partial charge in [-0.05, 0) is 48.6 Å². The van der Waals surface area contributed by atoms with Crippen LogP contribution in [0.2, 0.25) is 0 Å². The summed E-state index contributed by atoms with van der Waals surface area (Å²) >= 11 is 0. The van der Waals surface area contributed by atoms with Gasteiger partial charge in [0.25, 0.3) is 5.56 Å². The first-order valence-electron chi connectivity index (χ1n) is 9.02. The minimum atomic E-state index is -0.479. The molecule has 27 heavy (non-hydrogen) atoms. The van der Waals surface area contributed by atoms with Crippen LogP contribution in [0.5, 0.6) is 11.6 Å². The molecule has 0 saturated heterocycles. The molecule has 3 rings (SSSR count). The highest BCUT2D eigenvalue weighted by atomic mass is 16.5. The van der Waals surface area contributed by atoms with Crippen molar-refractivity contribution in [3.05, 3.63) is 91.6 Å². The molecule has 0 aliphatic rings. The topological polar surface area (TPSA) is 64.1 Å². The Hall–Kier alpha value is -3.08. The summed E-state index contributed by atoms with van der Waals surface area (Å²) in [6.45, 7) is 8.00. The minimum Gasteiger partial charge on any atom is -0.440 e. The normalized spacial score (nSPS) is 11.0. The first-order chi connectivity index (χ1) is 12.8. The predicted octanol–water partition coefficient (Wildman–Crippen LogP) is 4.12. The molecule has 2 aromatic carbocycles. The monoisotopic (exact) mass is 364 g/mol. The quantitative estimate of drug-likeness (QED) is 0.741. The number of aromatic amines is 1. The van der Waals surface area contributed by atoms with Crippen LogP contribution in [-0.4, -0.2) is 9.55 Å². The summed E-state index contributed by atoms with van der Waals surface area (Å²) in [7, 11) is 0. The maximum atomic E-state index is 13.0. The van der Waals surface area contributed by atoms with Crippen molar-refractivity contribution >= 4 is 0 Å². The number of nitrogens with one attached hydrogen (secondary N) is 1. The molecule has 0 radical (unpaired) electrons. The van der Waals surface area contributed by atoms with E-state index in [2.05, 4.69) is 4.98 Å². The highest BCUT2D eigenvalue weighted by Crippen LogP contribution is 2.26. The fourth-order valence-corrected chi connectivity index (χ4v) is 3.18. The summed E-state index contributed by atoms with van der Waals surface area (Å²) in [6, 6.07) is 15.2. The van der Waals surface area contributed by atoms with Crippen LogP contribution in [-0.2, 0) is 6.54 Å². The van der Waals surface area contributed by atoms with Crippen molar-refractivity contribution < 1.29 is 4.74 Å². The fraction of sp³-hybridized carbons (Fsp3) is 0.273. The number of H-pyrrole nitrogens is 1. The number of nitrogens with zero attached hydrogens (tertiary/aromatic N) is 1. The van der Waals surface area contributed by atoms with Crippen LogP contribution in [0.3, 0.4) is 0 Å². The first kappa shape index (κ1) is 18.7. The van der Waals surface area contributed by atoms with E-state index in [0.717, 1.165) is 16.7 Å². The molecule has 0 amide bonds. The maximum absolute atomic E-state index is 13.0. The zero-order chi connectivity index (χ0) is 19.6. The van der Waals surface area contributed by atoms with Crippen LogP contribution in [0, 0.1) is 13.8 Å². The summed E-state index contributed by atoms with van der Waals surface area (Å²) in [5.41, 5.74) is 2.66. The maximum Gasteiger partial charge on any atom is 0.331 e. The van der Waals surface area contributed by atoms with Crippen LogP contribution in [0.15, 0.2) is 58.1 Å². The molecule has 1 aromatic heterocycles. The second-order valence-electron chi connectivity index (χ2n) is 7.13. The summed E-state index contributed by atoms with van der Waals surface area (Å²) in [4.78, 5) is 28.4. The number of aromatic nitrogens is 2. The summed E-state index contributed by atoms with van der Waals surface area (Å²) in [5.74, 6) is 0.719. The number of ether oxygens (including phenoxy) is 1. The summed E-state index contributed by atoms with van der Waals surface area (Å²) in [5, 5.41) is 0. The van der Waals surface area contributed by atoms with Gasteiger partial charge in [-0.3, -0.25) is 14.3 Å². The molecular formula is C22H24N2O3. The van der Waals surface area contributed by atoms with Gasteiger partial charge in [0.15, 0.2) is 0 Å². The van der Waals surface area contributed by atoms with E-state index in [-0.39, 0.29) is 23.9 Å². The average Bonchev–Trinajstić information content (AvgIpc) is 2.58. The summed E-state index contributed by atoms with van der Waals surface area (Å²) in [6.07, 6.45) is 0. The molecule has 0 saturated carbocycles. The lowest BCUT2D eigenvalue weighted by Crippen LogP contribution is -2.38. The van der Waals surface area contributed by atoms with Crippen molar-refractivity contribution in [3.63, 3.8) is 0 Å². The molecule has 0 unspecified atom stereocenters. The second-order valence-corrected chi connectivity index (χ2v) is 7.13. The highest BCUT2D eigenvalue weighted by molar-refractivity contribution is 5.37. The Morgan fingerprint density at radius 1 is 1.00 bits per heavy atom. The van der Waals surface area contributed by atoms with Gasteiger partial charge in [-0.1, -0.05) is 50.2 Å². The van der Waals surface area contributed by atoms with Gasteiger partial charge >= 0.3 is 5.69 Å². The lowest BCUT2D eigenvalue weighted by Gasteiger charge is -2.16. The second kappa shape index (κ2) is 7.66. The van der Waals surface area contributed by atoms with Gasteiger partial charge in [0.1, 0.15) is 5.75 Å². The van der Waals surface area contributed by atoms with Crippen LogP contribution < -0.4 is 16.0 Å². The van der Waals surface area contributed by atoms with E-state index in [0.29, 0.717) is 11.3 Å². The highest BCUT2D eigenvalue weighted by Gasteiger charge is 2.19. The number of rotatable bonds is 5. The lowest BCUT2D eigenvalue weighted by molar-refractivity contribution is 0.440. The Bertz CT molecular complexity index is 1040. The van der Waals surface area contributed by atoms with E-state index >= 15 is 0 Å². The summed E-state index contributed by atoms with van der Waals surface area (Å²) < 4.78 is 7.15. The Kier molecular flexibility index (Phi) is 5.31. The number of hydrogen-bond acceptors (Lipinski definition) is 3. The van der Waals surface area contributed by atoms with Crippen LogP contribution in [0.4, 0.5) is 0 Å². The zero-order valence-corrected chi connectivity index (χ0v) is 16.1. The van der Waals surface area contributed by atoms with Gasteiger partial charge < -0.3 is 4.74 Å². The molecule has 3 aromatic rings. The third-order valence-corrected chi connectivity index (χ3v) is 4.36. The van der Waals surface area contributed by atoms with Gasteiger partial charge in [-0.15, -0.1) is 0 Å². The molecular weight excluding hydrogens is 340 g/mol. The van der Waals surface area contributed by atoms with Crippen molar-refractivity contribution in [1.29, 1.82) is 0 Å². The van der Waals surface area contributed by atoms with E-state index in [1.165, 1.54) is 4.57 Å². The molecule has 0 aliphatic carbocycles. The Morgan fingerprint density at radius 3 is 2.22 bits per heavy atom. The fourth-order valence-electron chi connectivity index (χ4n) is 3.18. The molecule has 0 fully saturated rings. The standard InChI is InChI=1S/C22H24N2O3/c1-14(2)19-20(27-18-11-15(3)10-16(4)12-18)23-22(26)24(21(19)25)13-17-8-6-5-7-9-17/h5-12,14H,13H2,1-4H3,(H,23,26). The van der Waals surface area contributed by atoms with Gasteiger partial charge in [-0.25, -0.2) is 4.79 Å². The molecule has 0 aliphatic heterocycles. The minimum absolute atomic E-state index is 0.0997.